The maximum atomic E-state index is 10.8. The lowest BCUT2D eigenvalue weighted by molar-refractivity contribution is 0.351. The molecule has 0 radical (unpaired) electrons. The van der Waals surface area contributed by atoms with Crippen molar-refractivity contribution >= 4 is 17.9 Å². The van der Waals surface area contributed by atoms with Crippen molar-refractivity contribution in [3.05, 3.63) is 20.8 Å². The summed E-state index contributed by atoms with van der Waals surface area (Å²) < 4.78 is 0.453. The zero-order chi connectivity index (χ0) is 10.6. The summed E-state index contributed by atoms with van der Waals surface area (Å²) in [7, 11) is 2.09. The van der Waals surface area contributed by atoms with Crippen LogP contribution in [0.3, 0.4) is 0 Å². The molecular weight excluding hydrogens is 196 g/mol. The molecule has 3 nitrogen and oxygen atoms in total. The van der Waals surface area contributed by atoms with E-state index < -0.39 is 0 Å². The van der Waals surface area contributed by atoms with Crippen molar-refractivity contribution in [2.45, 2.75) is 13.3 Å². The number of anilines is 1. The Balaban J connectivity index is 2.15. The number of nitrogens with one attached hydrogen (secondary N) is 1. The largest absolute Gasteiger partial charge is 0.384 e. The molecule has 1 aromatic carbocycles. The number of hydrogen-bond donors (Lipinski definition) is 1. The van der Waals surface area contributed by atoms with Crippen LogP contribution in [0.15, 0.2) is 10.9 Å². The molecule has 0 spiro atoms. The minimum atomic E-state index is -0.0202. The van der Waals surface area contributed by atoms with Crippen LogP contribution in [0.5, 0.6) is 0 Å². The maximum absolute atomic E-state index is 10.8. The summed E-state index contributed by atoms with van der Waals surface area (Å²) in [6.45, 7) is 5.15. The quantitative estimate of drug-likeness (QED) is 0.571. The highest BCUT2D eigenvalue weighted by molar-refractivity contribution is 7.71. The summed E-state index contributed by atoms with van der Waals surface area (Å²) >= 11 is 4.86. The highest BCUT2D eigenvalue weighted by atomic mass is 32.1. The summed E-state index contributed by atoms with van der Waals surface area (Å²) in [5.41, 5.74) is 0.817. The molecule has 0 amide bonds. The average Bonchev–Trinajstić information content (AvgIpc) is 2.21. The Labute approximate surface area is 89.4 Å². The fraction of sp³-hybridized carbons (Fsp3) is 0.600. The lowest BCUT2D eigenvalue weighted by atomic mass is 10.2. The molecule has 0 unspecified atom stereocenters. The van der Waals surface area contributed by atoms with E-state index in [4.69, 9.17) is 12.2 Å². The van der Waals surface area contributed by atoms with Gasteiger partial charge in [-0.3, -0.25) is 4.79 Å². The van der Waals surface area contributed by atoms with Crippen LogP contribution in [0.1, 0.15) is 13.3 Å². The van der Waals surface area contributed by atoms with Crippen LogP contribution >= 0.6 is 12.2 Å². The molecular formula is C10H16N2OS. The first-order chi connectivity index (χ1) is 6.65. The van der Waals surface area contributed by atoms with E-state index >= 15 is 0 Å². The van der Waals surface area contributed by atoms with Crippen LogP contribution in [0.4, 0.5) is 5.69 Å². The first kappa shape index (κ1) is 11.3. The molecule has 14 heavy (non-hydrogen) atoms. The molecule has 0 aromatic heterocycles. The smallest absolute Gasteiger partial charge is 0.200 e. The van der Waals surface area contributed by atoms with E-state index in [0.717, 1.165) is 31.7 Å². The predicted octanol–water partition coefficient (Wildman–Crippen LogP) is 1.41. The van der Waals surface area contributed by atoms with Crippen molar-refractivity contribution in [1.82, 2.24) is 4.90 Å². The monoisotopic (exact) mass is 212 g/mol. The molecule has 0 saturated carbocycles. The average molecular weight is 212 g/mol. The van der Waals surface area contributed by atoms with Crippen LogP contribution in [-0.2, 0) is 0 Å². The summed E-state index contributed by atoms with van der Waals surface area (Å²) in [6, 6.07) is 1.56. The van der Waals surface area contributed by atoms with Crippen LogP contribution in [0, 0.1) is 4.51 Å². The first-order valence-electron chi connectivity index (χ1n) is 4.88. The van der Waals surface area contributed by atoms with Crippen molar-refractivity contribution < 1.29 is 0 Å². The highest BCUT2D eigenvalue weighted by Gasteiger charge is 2.03. The van der Waals surface area contributed by atoms with Gasteiger partial charge in [0.05, 0.1) is 5.69 Å². The SMILES string of the molecule is CCN(C)CCCNc1cc(=O)c1=S. The van der Waals surface area contributed by atoms with Gasteiger partial charge in [-0.2, -0.15) is 0 Å². The summed E-state index contributed by atoms with van der Waals surface area (Å²) in [4.78, 5) is 13.0. The second-order valence-corrected chi connectivity index (χ2v) is 3.84. The van der Waals surface area contributed by atoms with Gasteiger partial charge in [-0.05, 0) is 26.6 Å². The van der Waals surface area contributed by atoms with Gasteiger partial charge in [-0.1, -0.05) is 19.1 Å². The standard InChI is InChI=1S/C10H16N2OS/c1-3-12(2)6-4-5-11-8-7-9(13)10(8)14/h7,11H,3-6H2,1-2H3. The van der Waals surface area contributed by atoms with Crippen LogP contribution in [0.2, 0.25) is 0 Å². The Bertz CT molecular complexity index is 355. The third kappa shape index (κ3) is 2.89. The molecule has 0 aliphatic carbocycles. The third-order valence-corrected chi connectivity index (χ3v) is 2.74. The van der Waals surface area contributed by atoms with Gasteiger partial charge in [-0.25, -0.2) is 0 Å². The molecule has 0 saturated heterocycles. The van der Waals surface area contributed by atoms with E-state index in [9.17, 15) is 4.79 Å². The molecule has 0 aliphatic rings. The normalized spacial score (nSPS) is 11.1. The number of rotatable bonds is 6. The van der Waals surface area contributed by atoms with Gasteiger partial charge in [0.25, 0.3) is 0 Å². The zero-order valence-electron chi connectivity index (χ0n) is 8.67. The Hall–Kier alpha value is -0.740. The van der Waals surface area contributed by atoms with Gasteiger partial charge in [0.15, 0.2) is 0 Å². The minimum Gasteiger partial charge on any atom is -0.384 e. The molecule has 0 atom stereocenters. The molecule has 1 N–H and O–H groups in total. The van der Waals surface area contributed by atoms with E-state index in [1.807, 2.05) is 0 Å². The van der Waals surface area contributed by atoms with Crippen molar-refractivity contribution in [1.29, 1.82) is 0 Å². The molecule has 0 heterocycles. The Morgan fingerprint density at radius 1 is 1.57 bits per heavy atom. The van der Waals surface area contributed by atoms with Crippen molar-refractivity contribution in [3.8, 4) is 0 Å². The van der Waals surface area contributed by atoms with Crippen LogP contribution in [-0.4, -0.2) is 31.6 Å². The number of hydrogen-bond acceptors (Lipinski definition) is 4. The fourth-order valence-electron chi connectivity index (χ4n) is 1.18. The number of nitrogens with zero attached hydrogens (tertiary/aromatic N) is 1. The van der Waals surface area contributed by atoms with E-state index in [0.29, 0.717) is 4.51 Å². The van der Waals surface area contributed by atoms with Crippen molar-refractivity contribution in [2.24, 2.45) is 0 Å². The Kier molecular flexibility index (Phi) is 4.22. The van der Waals surface area contributed by atoms with E-state index in [2.05, 4.69) is 24.2 Å². The van der Waals surface area contributed by atoms with Crippen molar-refractivity contribution in [3.63, 3.8) is 0 Å². The predicted molar refractivity (Wildman–Crippen MR) is 62.2 cm³/mol. The molecule has 0 fully saturated rings. The lowest BCUT2D eigenvalue weighted by Crippen LogP contribution is -2.22. The summed E-state index contributed by atoms with van der Waals surface area (Å²) in [5, 5.41) is 3.15. The maximum Gasteiger partial charge on any atom is 0.200 e. The van der Waals surface area contributed by atoms with E-state index in [1.165, 1.54) is 0 Å². The minimum absolute atomic E-state index is 0.0202. The van der Waals surface area contributed by atoms with Gasteiger partial charge in [-0.15, -0.1) is 0 Å². The van der Waals surface area contributed by atoms with E-state index in [1.54, 1.807) is 6.07 Å². The second kappa shape index (κ2) is 5.22. The molecule has 1 rings (SSSR count). The van der Waals surface area contributed by atoms with Gasteiger partial charge in [0.2, 0.25) is 5.43 Å². The summed E-state index contributed by atoms with van der Waals surface area (Å²) in [5.74, 6) is 0. The highest BCUT2D eigenvalue weighted by Crippen LogP contribution is 2.07. The molecule has 78 valence electrons. The van der Waals surface area contributed by atoms with Gasteiger partial charge >= 0.3 is 0 Å². The summed E-state index contributed by atoms with van der Waals surface area (Å²) in [6.07, 6.45) is 1.07. The van der Waals surface area contributed by atoms with Crippen LogP contribution < -0.4 is 10.7 Å². The lowest BCUT2D eigenvalue weighted by Gasteiger charge is -2.14. The van der Waals surface area contributed by atoms with Gasteiger partial charge in [0, 0.05) is 12.6 Å². The molecule has 1 aromatic rings. The Morgan fingerprint density at radius 2 is 2.29 bits per heavy atom. The fourth-order valence-corrected chi connectivity index (χ4v) is 1.37. The van der Waals surface area contributed by atoms with Gasteiger partial charge in [0.1, 0.15) is 4.51 Å². The molecule has 0 bridgehead atoms. The second-order valence-electron chi connectivity index (χ2n) is 3.43. The molecule has 0 aliphatic heterocycles. The molecule has 4 heteroatoms. The van der Waals surface area contributed by atoms with Gasteiger partial charge < -0.3 is 10.2 Å². The third-order valence-electron chi connectivity index (χ3n) is 2.32. The van der Waals surface area contributed by atoms with E-state index in [-0.39, 0.29) is 5.43 Å². The first-order valence-corrected chi connectivity index (χ1v) is 5.28. The van der Waals surface area contributed by atoms with Crippen molar-refractivity contribution in [2.75, 3.05) is 32.0 Å². The zero-order valence-corrected chi connectivity index (χ0v) is 9.49. The topological polar surface area (TPSA) is 32.3 Å². The van der Waals surface area contributed by atoms with Crippen LogP contribution in [0.25, 0.3) is 0 Å². The Morgan fingerprint density at radius 3 is 2.79 bits per heavy atom.